The maximum absolute atomic E-state index is 11.0. The van der Waals surface area contributed by atoms with Crippen molar-refractivity contribution in [3.63, 3.8) is 0 Å². The maximum atomic E-state index is 11.0. The average molecular weight is 161 g/mol. The third-order valence-corrected chi connectivity index (χ3v) is 1.85. The van der Waals surface area contributed by atoms with Gasteiger partial charge in [0.25, 0.3) is 0 Å². The second kappa shape index (κ2) is 5.59. The van der Waals surface area contributed by atoms with Gasteiger partial charge in [0.1, 0.15) is 0 Å². The molecular weight excluding hydrogens is 146 g/mol. The largest absolute Gasteiger partial charge is 0.359 e. The second-order valence-corrected chi connectivity index (χ2v) is 2.68. The summed E-state index contributed by atoms with van der Waals surface area (Å²) in [7, 11) is 1.67. The Morgan fingerprint density at radius 1 is 1.70 bits per heavy atom. The summed E-state index contributed by atoms with van der Waals surface area (Å²) in [5.74, 6) is 1.07. The van der Waals surface area contributed by atoms with Crippen LogP contribution in [0.2, 0.25) is 0 Å². The maximum Gasteiger partial charge on any atom is 0.222 e. The van der Waals surface area contributed by atoms with Crippen molar-refractivity contribution in [2.75, 3.05) is 12.8 Å². The molecule has 1 amide bonds. The van der Waals surface area contributed by atoms with Crippen LogP contribution >= 0.6 is 12.6 Å². The van der Waals surface area contributed by atoms with E-state index in [1.165, 1.54) is 0 Å². The van der Waals surface area contributed by atoms with E-state index < -0.39 is 0 Å². The SMILES string of the molecule is CCC(CCS)C(=O)NC. The van der Waals surface area contributed by atoms with Crippen LogP contribution in [0, 0.1) is 5.92 Å². The quantitative estimate of drug-likeness (QED) is 0.594. The van der Waals surface area contributed by atoms with Gasteiger partial charge in [-0.1, -0.05) is 6.92 Å². The van der Waals surface area contributed by atoms with E-state index in [1.807, 2.05) is 6.92 Å². The number of thiol groups is 1. The zero-order valence-electron chi connectivity index (χ0n) is 6.55. The Hall–Kier alpha value is -0.180. The fourth-order valence-corrected chi connectivity index (χ4v) is 1.19. The zero-order valence-corrected chi connectivity index (χ0v) is 7.45. The fraction of sp³-hybridized carbons (Fsp3) is 0.857. The van der Waals surface area contributed by atoms with Crippen LogP contribution in [0.1, 0.15) is 19.8 Å². The predicted molar refractivity (Wildman–Crippen MR) is 46.3 cm³/mol. The molecule has 0 radical (unpaired) electrons. The minimum absolute atomic E-state index is 0.136. The van der Waals surface area contributed by atoms with Crippen LogP contribution in [0.5, 0.6) is 0 Å². The molecule has 60 valence electrons. The Kier molecular flexibility index (Phi) is 5.49. The van der Waals surface area contributed by atoms with E-state index in [4.69, 9.17) is 0 Å². The summed E-state index contributed by atoms with van der Waals surface area (Å²) in [4.78, 5) is 11.0. The van der Waals surface area contributed by atoms with Gasteiger partial charge in [-0.2, -0.15) is 12.6 Å². The molecule has 10 heavy (non-hydrogen) atoms. The molecule has 2 nitrogen and oxygen atoms in total. The molecule has 0 rings (SSSR count). The van der Waals surface area contributed by atoms with Crippen molar-refractivity contribution in [3.05, 3.63) is 0 Å². The molecule has 1 unspecified atom stereocenters. The molecule has 0 aliphatic heterocycles. The first kappa shape index (κ1) is 9.82. The Bertz CT molecular complexity index is 106. The van der Waals surface area contributed by atoms with E-state index in [1.54, 1.807) is 7.05 Å². The van der Waals surface area contributed by atoms with Crippen molar-refractivity contribution < 1.29 is 4.79 Å². The van der Waals surface area contributed by atoms with Crippen molar-refractivity contribution in [1.82, 2.24) is 5.32 Å². The van der Waals surface area contributed by atoms with Crippen molar-refractivity contribution >= 4 is 18.5 Å². The van der Waals surface area contributed by atoms with Crippen LogP contribution in [0.25, 0.3) is 0 Å². The Balaban J connectivity index is 3.68. The highest BCUT2D eigenvalue weighted by Gasteiger charge is 2.12. The number of carbonyl (C=O) groups excluding carboxylic acids is 1. The van der Waals surface area contributed by atoms with Gasteiger partial charge in [0, 0.05) is 13.0 Å². The number of hydrogen-bond donors (Lipinski definition) is 2. The van der Waals surface area contributed by atoms with Crippen molar-refractivity contribution in [3.8, 4) is 0 Å². The van der Waals surface area contributed by atoms with E-state index in [0.717, 1.165) is 18.6 Å². The number of amides is 1. The highest BCUT2D eigenvalue weighted by molar-refractivity contribution is 7.80. The van der Waals surface area contributed by atoms with Gasteiger partial charge in [-0.15, -0.1) is 0 Å². The van der Waals surface area contributed by atoms with E-state index in [0.29, 0.717) is 0 Å². The lowest BCUT2D eigenvalue weighted by atomic mass is 10.0. The lowest BCUT2D eigenvalue weighted by Gasteiger charge is -2.10. The predicted octanol–water partition coefficient (Wildman–Crippen LogP) is 1.08. The molecule has 0 aromatic rings. The van der Waals surface area contributed by atoms with E-state index in [-0.39, 0.29) is 11.8 Å². The van der Waals surface area contributed by atoms with Gasteiger partial charge in [0.15, 0.2) is 0 Å². The molecule has 0 aliphatic carbocycles. The van der Waals surface area contributed by atoms with Gasteiger partial charge in [0.05, 0.1) is 0 Å². The van der Waals surface area contributed by atoms with Gasteiger partial charge >= 0.3 is 0 Å². The van der Waals surface area contributed by atoms with Crippen LogP contribution < -0.4 is 5.32 Å². The standard InChI is InChI=1S/C7H15NOS/c1-3-6(4-5-10)7(9)8-2/h6,10H,3-5H2,1-2H3,(H,8,9). The summed E-state index contributed by atoms with van der Waals surface area (Å²) in [5.41, 5.74) is 0. The third kappa shape index (κ3) is 3.11. The number of hydrogen-bond acceptors (Lipinski definition) is 2. The molecule has 0 aromatic heterocycles. The summed E-state index contributed by atoms with van der Waals surface area (Å²) in [5, 5.41) is 2.63. The Morgan fingerprint density at radius 3 is 2.60 bits per heavy atom. The van der Waals surface area contributed by atoms with E-state index in [9.17, 15) is 4.79 Å². The van der Waals surface area contributed by atoms with Crippen LogP contribution in [0.15, 0.2) is 0 Å². The lowest BCUT2D eigenvalue weighted by molar-refractivity contribution is -0.124. The summed E-state index contributed by atoms with van der Waals surface area (Å²) >= 11 is 4.07. The van der Waals surface area contributed by atoms with E-state index in [2.05, 4.69) is 17.9 Å². The molecule has 0 spiro atoms. The first-order valence-electron chi connectivity index (χ1n) is 3.58. The third-order valence-electron chi connectivity index (χ3n) is 1.59. The number of rotatable bonds is 4. The Labute approximate surface area is 67.8 Å². The van der Waals surface area contributed by atoms with Crippen LogP contribution in [-0.2, 0) is 4.79 Å². The smallest absolute Gasteiger partial charge is 0.222 e. The normalized spacial score (nSPS) is 12.7. The summed E-state index contributed by atoms with van der Waals surface area (Å²) in [6.45, 7) is 2.02. The van der Waals surface area contributed by atoms with Crippen molar-refractivity contribution in [1.29, 1.82) is 0 Å². The monoisotopic (exact) mass is 161 g/mol. The molecule has 3 heteroatoms. The molecule has 1 atom stereocenters. The van der Waals surface area contributed by atoms with Gasteiger partial charge in [-0.3, -0.25) is 4.79 Å². The number of nitrogens with one attached hydrogen (secondary N) is 1. The molecule has 1 N–H and O–H groups in total. The second-order valence-electron chi connectivity index (χ2n) is 2.23. The first-order chi connectivity index (χ1) is 4.76. The van der Waals surface area contributed by atoms with Crippen molar-refractivity contribution in [2.24, 2.45) is 5.92 Å². The fourth-order valence-electron chi connectivity index (χ4n) is 0.881. The molecule has 0 heterocycles. The first-order valence-corrected chi connectivity index (χ1v) is 4.22. The molecule has 0 saturated heterocycles. The van der Waals surface area contributed by atoms with Gasteiger partial charge in [0.2, 0.25) is 5.91 Å². The molecule has 0 saturated carbocycles. The zero-order chi connectivity index (χ0) is 7.98. The van der Waals surface area contributed by atoms with Gasteiger partial charge in [-0.25, -0.2) is 0 Å². The molecule has 0 aliphatic rings. The molecular formula is C7H15NOS. The highest BCUT2D eigenvalue weighted by Crippen LogP contribution is 2.08. The summed E-state index contributed by atoms with van der Waals surface area (Å²) in [6.07, 6.45) is 1.78. The minimum Gasteiger partial charge on any atom is -0.359 e. The molecule has 0 aromatic carbocycles. The minimum atomic E-state index is 0.136. The van der Waals surface area contributed by atoms with Crippen molar-refractivity contribution in [2.45, 2.75) is 19.8 Å². The average Bonchev–Trinajstić information content (AvgIpc) is 1.99. The van der Waals surface area contributed by atoms with Gasteiger partial charge in [-0.05, 0) is 18.6 Å². The van der Waals surface area contributed by atoms with Crippen LogP contribution in [0.3, 0.4) is 0 Å². The van der Waals surface area contributed by atoms with Gasteiger partial charge < -0.3 is 5.32 Å². The lowest BCUT2D eigenvalue weighted by Crippen LogP contribution is -2.27. The summed E-state index contributed by atoms with van der Waals surface area (Å²) < 4.78 is 0. The highest BCUT2D eigenvalue weighted by atomic mass is 32.1. The molecule has 0 fully saturated rings. The van der Waals surface area contributed by atoms with Crippen LogP contribution in [-0.4, -0.2) is 18.7 Å². The molecule has 0 bridgehead atoms. The number of carbonyl (C=O) groups is 1. The van der Waals surface area contributed by atoms with E-state index >= 15 is 0 Å². The van der Waals surface area contributed by atoms with Crippen LogP contribution in [0.4, 0.5) is 0 Å². The topological polar surface area (TPSA) is 29.1 Å². The Morgan fingerprint density at radius 2 is 2.30 bits per heavy atom. The summed E-state index contributed by atoms with van der Waals surface area (Å²) in [6, 6.07) is 0.